The van der Waals surface area contributed by atoms with Crippen LogP contribution in [0.25, 0.3) is 0 Å². The lowest BCUT2D eigenvalue weighted by atomic mass is 10.2. The molecule has 1 amide bonds. The average Bonchev–Trinajstić information content (AvgIpc) is 2.83. The molecule has 1 aromatic rings. The molecule has 2 saturated heterocycles. The minimum absolute atomic E-state index is 0.0709. The molecule has 4 nitrogen and oxygen atoms in total. The van der Waals surface area contributed by atoms with E-state index in [0.717, 1.165) is 5.56 Å². The van der Waals surface area contributed by atoms with E-state index in [1.807, 2.05) is 30.3 Å². The van der Waals surface area contributed by atoms with E-state index in [4.69, 9.17) is 9.47 Å². The highest BCUT2D eigenvalue weighted by Gasteiger charge is 2.45. The zero-order valence-electron chi connectivity index (χ0n) is 8.05. The summed E-state index contributed by atoms with van der Waals surface area (Å²) < 4.78 is 11.2. The summed E-state index contributed by atoms with van der Waals surface area (Å²) in [7, 11) is 0. The average molecular weight is 205 g/mol. The van der Waals surface area contributed by atoms with Gasteiger partial charge in [-0.1, -0.05) is 30.3 Å². The van der Waals surface area contributed by atoms with E-state index in [2.05, 4.69) is 5.32 Å². The van der Waals surface area contributed by atoms with Gasteiger partial charge in [-0.3, -0.25) is 4.79 Å². The summed E-state index contributed by atoms with van der Waals surface area (Å²) in [6.45, 7) is 0.548. The van der Waals surface area contributed by atoms with E-state index in [1.54, 1.807) is 0 Å². The number of hydrogen-bond acceptors (Lipinski definition) is 3. The molecule has 0 bridgehead atoms. The Morgan fingerprint density at radius 1 is 1.20 bits per heavy atom. The lowest BCUT2D eigenvalue weighted by Gasteiger charge is -2.11. The van der Waals surface area contributed by atoms with Crippen molar-refractivity contribution < 1.29 is 14.3 Å². The molecule has 0 aliphatic carbocycles. The third-order valence-electron chi connectivity index (χ3n) is 2.71. The van der Waals surface area contributed by atoms with Gasteiger partial charge < -0.3 is 14.8 Å². The van der Waals surface area contributed by atoms with E-state index in [-0.39, 0.29) is 12.0 Å². The number of hydrogen-bond donors (Lipinski definition) is 1. The lowest BCUT2D eigenvalue weighted by molar-refractivity contribution is -0.133. The molecule has 2 aliphatic rings. The number of nitrogens with one attached hydrogen (secondary N) is 1. The Bertz CT molecular complexity index is 379. The van der Waals surface area contributed by atoms with E-state index in [0.29, 0.717) is 6.54 Å². The van der Waals surface area contributed by atoms with Crippen LogP contribution < -0.4 is 5.32 Å². The van der Waals surface area contributed by atoms with Gasteiger partial charge in [0.15, 0.2) is 12.4 Å². The second-order valence-electron chi connectivity index (χ2n) is 3.72. The van der Waals surface area contributed by atoms with Gasteiger partial charge in [-0.2, -0.15) is 0 Å². The van der Waals surface area contributed by atoms with Crippen LogP contribution in [0, 0.1) is 0 Å². The molecule has 2 heterocycles. The second-order valence-corrected chi connectivity index (χ2v) is 3.72. The number of rotatable bonds is 1. The highest BCUT2D eigenvalue weighted by molar-refractivity contribution is 5.84. The Labute approximate surface area is 87.2 Å². The van der Waals surface area contributed by atoms with E-state index < -0.39 is 12.4 Å². The molecule has 4 heteroatoms. The fourth-order valence-corrected chi connectivity index (χ4v) is 1.94. The summed E-state index contributed by atoms with van der Waals surface area (Å²) >= 11 is 0. The summed E-state index contributed by atoms with van der Waals surface area (Å²) in [5.74, 6) is -0.0709. The second kappa shape index (κ2) is 3.32. The molecule has 2 fully saturated rings. The first kappa shape index (κ1) is 8.88. The monoisotopic (exact) mass is 205 g/mol. The minimum atomic E-state index is -0.435. The van der Waals surface area contributed by atoms with Crippen molar-refractivity contribution in [3.05, 3.63) is 35.9 Å². The van der Waals surface area contributed by atoms with Crippen LogP contribution in [0.5, 0.6) is 0 Å². The molecule has 0 aromatic heterocycles. The van der Waals surface area contributed by atoms with Crippen LogP contribution in [0.2, 0.25) is 0 Å². The Morgan fingerprint density at radius 2 is 2.00 bits per heavy atom. The predicted molar refractivity (Wildman–Crippen MR) is 51.9 cm³/mol. The molecule has 0 spiro atoms. The molecule has 3 atom stereocenters. The molecule has 15 heavy (non-hydrogen) atoms. The predicted octanol–water partition coefficient (Wildman–Crippen LogP) is 0.599. The SMILES string of the molecule is O=C1NCC2OC(c3ccccc3)OC12. The first-order chi connectivity index (χ1) is 7.34. The number of ether oxygens (including phenoxy) is 2. The number of carbonyl (C=O) groups excluding carboxylic acids is 1. The fourth-order valence-electron chi connectivity index (χ4n) is 1.94. The molecule has 3 rings (SSSR count). The van der Waals surface area contributed by atoms with Crippen molar-refractivity contribution in [1.82, 2.24) is 5.32 Å². The number of benzene rings is 1. The van der Waals surface area contributed by atoms with Crippen LogP contribution in [0.1, 0.15) is 11.9 Å². The number of carbonyl (C=O) groups is 1. The summed E-state index contributed by atoms with van der Waals surface area (Å²) in [5, 5.41) is 2.70. The van der Waals surface area contributed by atoms with Crippen LogP contribution in [0.3, 0.4) is 0 Å². The normalized spacial score (nSPS) is 33.9. The number of fused-ring (bicyclic) bond motifs is 1. The number of amides is 1. The standard InChI is InChI=1S/C11H11NO3/c13-10-9-8(6-12-10)14-11(15-9)7-4-2-1-3-5-7/h1-5,8-9,11H,6H2,(H,12,13). The van der Waals surface area contributed by atoms with Crippen molar-refractivity contribution in [3.8, 4) is 0 Å². The van der Waals surface area contributed by atoms with Crippen molar-refractivity contribution in [1.29, 1.82) is 0 Å². The quantitative estimate of drug-likeness (QED) is 0.730. The molecule has 2 aliphatic heterocycles. The van der Waals surface area contributed by atoms with Crippen molar-refractivity contribution in [3.63, 3.8) is 0 Å². The largest absolute Gasteiger partial charge is 0.351 e. The zero-order valence-corrected chi connectivity index (χ0v) is 8.05. The van der Waals surface area contributed by atoms with Gasteiger partial charge in [0.2, 0.25) is 0 Å². The molecular weight excluding hydrogens is 194 g/mol. The molecule has 3 unspecified atom stereocenters. The van der Waals surface area contributed by atoms with Crippen LogP contribution in [0.4, 0.5) is 0 Å². The summed E-state index contributed by atoms with van der Waals surface area (Å²) in [6.07, 6.45) is -0.967. The van der Waals surface area contributed by atoms with E-state index in [1.165, 1.54) is 0 Å². The Kier molecular flexibility index (Phi) is 1.97. The summed E-state index contributed by atoms with van der Waals surface area (Å²) in [6, 6.07) is 9.66. The van der Waals surface area contributed by atoms with Gasteiger partial charge in [0, 0.05) is 12.1 Å². The third-order valence-corrected chi connectivity index (χ3v) is 2.71. The van der Waals surface area contributed by atoms with Crippen molar-refractivity contribution in [2.75, 3.05) is 6.54 Å². The maximum atomic E-state index is 11.3. The molecule has 1 aromatic carbocycles. The van der Waals surface area contributed by atoms with Crippen LogP contribution in [0.15, 0.2) is 30.3 Å². The first-order valence-corrected chi connectivity index (χ1v) is 4.98. The van der Waals surface area contributed by atoms with Gasteiger partial charge in [-0.05, 0) is 0 Å². The van der Waals surface area contributed by atoms with Crippen LogP contribution in [-0.4, -0.2) is 24.7 Å². The topological polar surface area (TPSA) is 47.6 Å². The van der Waals surface area contributed by atoms with Gasteiger partial charge in [0.25, 0.3) is 5.91 Å². The highest BCUT2D eigenvalue weighted by atomic mass is 16.7. The fraction of sp³-hybridized carbons (Fsp3) is 0.364. The van der Waals surface area contributed by atoms with Gasteiger partial charge >= 0.3 is 0 Å². The Hall–Kier alpha value is -1.39. The third kappa shape index (κ3) is 1.42. The smallest absolute Gasteiger partial charge is 0.252 e. The maximum Gasteiger partial charge on any atom is 0.252 e. The van der Waals surface area contributed by atoms with Gasteiger partial charge in [-0.15, -0.1) is 0 Å². The zero-order chi connectivity index (χ0) is 10.3. The molecule has 0 radical (unpaired) electrons. The van der Waals surface area contributed by atoms with Crippen LogP contribution >= 0.6 is 0 Å². The van der Waals surface area contributed by atoms with Crippen molar-refractivity contribution >= 4 is 5.91 Å². The van der Waals surface area contributed by atoms with Gasteiger partial charge in [0.05, 0.1) is 0 Å². The van der Waals surface area contributed by atoms with E-state index >= 15 is 0 Å². The lowest BCUT2D eigenvalue weighted by Crippen LogP contribution is -2.25. The first-order valence-electron chi connectivity index (χ1n) is 4.98. The van der Waals surface area contributed by atoms with Gasteiger partial charge in [-0.25, -0.2) is 0 Å². The van der Waals surface area contributed by atoms with E-state index in [9.17, 15) is 4.79 Å². The van der Waals surface area contributed by atoms with Gasteiger partial charge in [0.1, 0.15) is 6.10 Å². The maximum absolute atomic E-state index is 11.3. The Balaban J connectivity index is 1.80. The minimum Gasteiger partial charge on any atom is -0.351 e. The molecular formula is C11H11NO3. The molecule has 78 valence electrons. The van der Waals surface area contributed by atoms with Crippen LogP contribution in [-0.2, 0) is 14.3 Å². The van der Waals surface area contributed by atoms with Crippen molar-refractivity contribution in [2.45, 2.75) is 18.5 Å². The Morgan fingerprint density at radius 3 is 2.73 bits per heavy atom. The molecule has 1 N–H and O–H groups in total. The summed E-state index contributed by atoms with van der Waals surface area (Å²) in [5.41, 5.74) is 0.958. The van der Waals surface area contributed by atoms with Crippen molar-refractivity contribution in [2.24, 2.45) is 0 Å². The highest BCUT2D eigenvalue weighted by Crippen LogP contribution is 2.32. The molecule has 0 saturated carbocycles. The summed E-state index contributed by atoms with van der Waals surface area (Å²) in [4.78, 5) is 11.3.